The number of alkyl halides is 3. The summed E-state index contributed by atoms with van der Waals surface area (Å²) in [7, 11) is -1.98. The van der Waals surface area contributed by atoms with Crippen LogP contribution in [-0.4, -0.2) is 26.4 Å². The van der Waals surface area contributed by atoms with Crippen LogP contribution in [0.3, 0.4) is 0 Å². The second-order valence-corrected chi connectivity index (χ2v) is 11.7. The Balaban J connectivity index is 3.21. The van der Waals surface area contributed by atoms with Gasteiger partial charge in [-0.1, -0.05) is 25.7 Å². The minimum absolute atomic E-state index is 0.185. The van der Waals surface area contributed by atoms with Gasteiger partial charge in [-0.3, -0.25) is 9.79 Å². The number of hydrogen-bond acceptors (Lipinski definition) is 3. The van der Waals surface area contributed by atoms with E-state index in [9.17, 15) is 18.0 Å². The van der Waals surface area contributed by atoms with E-state index in [1.807, 2.05) is 19.6 Å². The van der Waals surface area contributed by atoms with Gasteiger partial charge in [0.05, 0.1) is 31.5 Å². The standard InChI is InChI=1S/C16H22F3NO2Si/c1-6-22-15(21)14(23(3,4)5)11(2)20-13-9-7-8-12(10-13)16(17,18)19/h7-10,14H,6H2,1-5H3. The average Bonchev–Trinajstić information content (AvgIpc) is 2.36. The number of halogens is 3. The topological polar surface area (TPSA) is 38.7 Å². The predicted octanol–water partition coefficient (Wildman–Crippen LogP) is 5.07. The number of hydrogen-bond donors (Lipinski definition) is 0. The van der Waals surface area contributed by atoms with Crippen LogP contribution in [0.15, 0.2) is 29.3 Å². The highest BCUT2D eigenvalue weighted by Gasteiger charge is 2.36. The van der Waals surface area contributed by atoms with E-state index in [2.05, 4.69) is 4.99 Å². The number of rotatable bonds is 5. The van der Waals surface area contributed by atoms with Crippen LogP contribution in [0, 0.1) is 0 Å². The Morgan fingerprint density at radius 3 is 2.39 bits per heavy atom. The van der Waals surface area contributed by atoms with Crippen molar-refractivity contribution in [3.63, 3.8) is 0 Å². The summed E-state index contributed by atoms with van der Waals surface area (Å²) < 4.78 is 43.4. The van der Waals surface area contributed by atoms with Crippen molar-refractivity contribution >= 4 is 25.4 Å². The number of aliphatic imine (C=N–C) groups is 1. The first kappa shape index (κ1) is 19.4. The average molecular weight is 345 g/mol. The fourth-order valence-electron chi connectivity index (χ4n) is 2.40. The number of ether oxygens (including phenoxy) is 1. The molecule has 0 aromatic heterocycles. The monoisotopic (exact) mass is 345 g/mol. The molecular weight excluding hydrogens is 323 g/mol. The molecule has 1 rings (SSSR count). The third-order valence-corrected chi connectivity index (χ3v) is 5.67. The summed E-state index contributed by atoms with van der Waals surface area (Å²) >= 11 is 0. The smallest absolute Gasteiger partial charge is 0.416 e. The fraction of sp³-hybridized carbons (Fsp3) is 0.500. The summed E-state index contributed by atoms with van der Waals surface area (Å²) in [6.45, 7) is 9.65. The van der Waals surface area contributed by atoms with E-state index >= 15 is 0 Å². The molecule has 3 nitrogen and oxygen atoms in total. The van der Waals surface area contributed by atoms with Crippen molar-refractivity contribution in [3.05, 3.63) is 29.8 Å². The van der Waals surface area contributed by atoms with Crippen LogP contribution in [0.2, 0.25) is 25.2 Å². The largest absolute Gasteiger partial charge is 0.466 e. The number of benzene rings is 1. The number of carbonyl (C=O) groups excluding carboxylic acids is 1. The molecule has 1 aromatic rings. The summed E-state index contributed by atoms with van der Waals surface area (Å²) in [6, 6.07) is 4.78. The minimum atomic E-state index is -4.42. The van der Waals surface area contributed by atoms with Gasteiger partial charge in [-0.15, -0.1) is 0 Å². The molecule has 0 saturated heterocycles. The molecule has 0 aliphatic rings. The minimum Gasteiger partial charge on any atom is -0.466 e. The van der Waals surface area contributed by atoms with E-state index in [1.54, 1.807) is 13.8 Å². The zero-order valence-electron chi connectivity index (χ0n) is 14.0. The maximum absolute atomic E-state index is 12.8. The molecule has 0 fully saturated rings. The van der Waals surface area contributed by atoms with Gasteiger partial charge < -0.3 is 4.74 Å². The number of nitrogens with zero attached hydrogens (tertiary/aromatic N) is 1. The van der Waals surface area contributed by atoms with Crippen LogP contribution in [0.4, 0.5) is 18.9 Å². The maximum atomic E-state index is 12.8. The van der Waals surface area contributed by atoms with Gasteiger partial charge in [0.25, 0.3) is 0 Å². The van der Waals surface area contributed by atoms with Crippen LogP contribution in [0.1, 0.15) is 19.4 Å². The lowest BCUT2D eigenvalue weighted by Gasteiger charge is -2.27. The molecule has 0 aliphatic heterocycles. The van der Waals surface area contributed by atoms with Crippen LogP contribution < -0.4 is 0 Å². The lowest BCUT2D eigenvalue weighted by atomic mass is 10.2. The summed E-state index contributed by atoms with van der Waals surface area (Å²) in [6.07, 6.45) is -4.42. The van der Waals surface area contributed by atoms with E-state index < -0.39 is 25.4 Å². The molecule has 0 heterocycles. The molecule has 0 N–H and O–H groups in total. The molecule has 1 aromatic carbocycles. The summed E-state index contributed by atoms with van der Waals surface area (Å²) in [5, 5.41) is 0. The Bertz CT molecular complexity index is 592. The molecule has 0 radical (unpaired) electrons. The maximum Gasteiger partial charge on any atom is 0.416 e. The first-order valence-electron chi connectivity index (χ1n) is 7.36. The Hall–Kier alpha value is -1.63. The van der Waals surface area contributed by atoms with Crippen molar-refractivity contribution in [3.8, 4) is 0 Å². The Morgan fingerprint density at radius 2 is 1.91 bits per heavy atom. The second kappa shape index (κ2) is 7.29. The van der Waals surface area contributed by atoms with Gasteiger partial charge in [-0.2, -0.15) is 13.2 Å². The van der Waals surface area contributed by atoms with E-state index in [1.165, 1.54) is 12.1 Å². The van der Waals surface area contributed by atoms with Gasteiger partial charge in [-0.05, 0) is 32.0 Å². The molecule has 0 bridgehead atoms. The molecule has 0 amide bonds. The van der Waals surface area contributed by atoms with Crippen molar-refractivity contribution in [2.75, 3.05) is 6.61 Å². The van der Waals surface area contributed by atoms with Crippen LogP contribution in [0.5, 0.6) is 0 Å². The quantitative estimate of drug-likeness (QED) is 0.424. The molecule has 0 spiro atoms. The van der Waals surface area contributed by atoms with Crippen molar-refractivity contribution < 1.29 is 22.7 Å². The highest BCUT2D eigenvalue weighted by molar-refractivity contribution is 6.84. The van der Waals surface area contributed by atoms with Crippen LogP contribution in [-0.2, 0) is 15.7 Å². The highest BCUT2D eigenvalue weighted by atomic mass is 28.3. The Labute approximate surface area is 135 Å². The molecule has 0 saturated carbocycles. The fourth-order valence-corrected chi connectivity index (χ4v) is 4.50. The van der Waals surface area contributed by atoms with Crippen molar-refractivity contribution in [1.29, 1.82) is 0 Å². The second-order valence-electron chi connectivity index (χ2n) is 6.35. The zero-order valence-corrected chi connectivity index (χ0v) is 15.0. The lowest BCUT2D eigenvalue weighted by Crippen LogP contribution is -2.39. The lowest BCUT2D eigenvalue weighted by molar-refractivity contribution is -0.141. The molecule has 1 unspecified atom stereocenters. The van der Waals surface area contributed by atoms with Gasteiger partial charge in [-0.25, -0.2) is 0 Å². The van der Waals surface area contributed by atoms with Crippen LogP contribution >= 0.6 is 0 Å². The third-order valence-electron chi connectivity index (χ3n) is 3.29. The SMILES string of the molecule is CCOC(=O)C(C(C)=Nc1cccc(C(F)(F)F)c1)[Si](C)(C)C. The first-order chi connectivity index (χ1) is 10.5. The van der Waals surface area contributed by atoms with Crippen molar-refractivity contribution in [1.82, 2.24) is 0 Å². The van der Waals surface area contributed by atoms with E-state index in [0.29, 0.717) is 5.71 Å². The predicted molar refractivity (Wildman–Crippen MR) is 87.9 cm³/mol. The molecular formula is C16H22F3NO2Si. The summed E-state index contributed by atoms with van der Waals surface area (Å²) in [5.41, 5.74) is -0.573. The van der Waals surface area contributed by atoms with Crippen molar-refractivity contribution in [2.24, 2.45) is 4.99 Å². The summed E-state index contributed by atoms with van der Waals surface area (Å²) in [4.78, 5) is 16.5. The van der Waals surface area contributed by atoms with E-state index in [4.69, 9.17) is 4.74 Å². The van der Waals surface area contributed by atoms with Gasteiger partial charge >= 0.3 is 12.1 Å². The van der Waals surface area contributed by atoms with Crippen molar-refractivity contribution in [2.45, 2.75) is 45.2 Å². The van der Waals surface area contributed by atoms with Crippen LogP contribution in [0.25, 0.3) is 0 Å². The van der Waals surface area contributed by atoms with Gasteiger partial charge in [0.15, 0.2) is 0 Å². The van der Waals surface area contributed by atoms with E-state index in [-0.39, 0.29) is 18.3 Å². The summed E-state index contributed by atoms with van der Waals surface area (Å²) in [5.74, 6) is -0.361. The molecule has 0 aliphatic carbocycles. The van der Waals surface area contributed by atoms with Gasteiger partial charge in [0.2, 0.25) is 0 Å². The third kappa shape index (κ3) is 5.49. The molecule has 128 valence electrons. The van der Waals surface area contributed by atoms with E-state index in [0.717, 1.165) is 12.1 Å². The Kier molecular flexibility index (Phi) is 6.15. The number of carbonyl (C=O) groups is 1. The zero-order chi connectivity index (χ0) is 17.8. The molecule has 1 atom stereocenters. The molecule has 7 heteroatoms. The molecule has 23 heavy (non-hydrogen) atoms. The van der Waals surface area contributed by atoms with Gasteiger partial charge in [0, 0.05) is 5.71 Å². The number of esters is 1. The Morgan fingerprint density at radius 1 is 1.30 bits per heavy atom. The highest BCUT2D eigenvalue weighted by Crippen LogP contribution is 2.32. The first-order valence-corrected chi connectivity index (χ1v) is 10.9. The van der Waals surface area contributed by atoms with Gasteiger partial charge in [0.1, 0.15) is 0 Å². The normalized spacial score (nSPS) is 14.5.